The van der Waals surface area contributed by atoms with Gasteiger partial charge >= 0.3 is 0 Å². The van der Waals surface area contributed by atoms with E-state index in [0.29, 0.717) is 35.6 Å². The van der Waals surface area contributed by atoms with Crippen molar-refractivity contribution in [1.29, 1.82) is 0 Å². The number of ether oxygens (including phenoxy) is 1. The third-order valence-corrected chi connectivity index (χ3v) is 3.99. The van der Waals surface area contributed by atoms with Crippen LogP contribution in [-0.4, -0.2) is 52.2 Å². The van der Waals surface area contributed by atoms with E-state index in [2.05, 4.69) is 25.4 Å². The highest BCUT2D eigenvalue weighted by molar-refractivity contribution is 5.76. The highest BCUT2D eigenvalue weighted by atomic mass is 16.5. The number of aldehydes is 1. The van der Waals surface area contributed by atoms with Gasteiger partial charge < -0.3 is 15.0 Å². The normalized spacial score (nSPS) is 10.5. The molecule has 0 saturated carbocycles. The maximum absolute atomic E-state index is 11.1. The van der Waals surface area contributed by atoms with Crippen molar-refractivity contribution < 1.29 is 9.53 Å². The van der Waals surface area contributed by atoms with E-state index in [4.69, 9.17) is 4.74 Å². The van der Waals surface area contributed by atoms with Gasteiger partial charge in [0.25, 0.3) is 5.95 Å². The maximum atomic E-state index is 11.1. The van der Waals surface area contributed by atoms with Crippen molar-refractivity contribution >= 4 is 18.2 Å². The average Bonchev–Trinajstić information content (AvgIpc) is 3.07. The zero-order valence-corrected chi connectivity index (χ0v) is 15.7. The number of nitrogens with zero attached hydrogens (tertiary/aromatic N) is 6. The first-order valence-electron chi connectivity index (χ1n) is 8.32. The molecule has 0 unspecified atom stereocenters. The van der Waals surface area contributed by atoms with Crippen molar-refractivity contribution in [2.75, 3.05) is 31.4 Å². The summed E-state index contributed by atoms with van der Waals surface area (Å²) in [5.41, 5.74) is 2.22. The molecule has 2 aromatic heterocycles. The molecule has 9 heteroatoms. The van der Waals surface area contributed by atoms with E-state index in [1.807, 2.05) is 38.4 Å². The predicted octanol–water partition coefficient (Wildman–Crippen LogP) is 1.86. The average molecular weight is 367 g/mol. The Labute approximate surface area is 157 Å². The standard InChI is InChI=1S/C18H21N7O2/c1-12-14(11-26)10-20-25(12)18-22-16(21-17(23-18)24(2)3)19-9-13-5-7-15(27-4)8-6-13/h5-8,10-11H,9H2,1-4H3,(H,19,21,22,23). The van der Waals surface area contributed by atoms with Gasteiger partial charge in [-0.2, -0.15) is 20.1 Å². The second-order valence-corrected chi connectivity index (χ2v) is 6.07. The van der Waals surface area contributed by atoms with Gasteiger partial charge in [-0.25, -0.2) is 4.68 Å². The smallest absolute Gasteiger partial charge is 0.257 e. The summed E-state index contributed by atoms with van der Waals surface area (Å²) >= 11 is 0. The molecular weight excluding hydrogens is 346 g/mol. The molecule has 0 bridgehead atoms. The minimum absolute atomic E-state index is 0.344. The summed E-state index contributed by atoms with van der Waals surface area (Å²) in [4.78, 5) is 26.1. The number of rotatable bonds is 7. The minimum atomic E-state index is 0.344. The molecule has 0 atom stereocenters. The molecule has 0 aliphatic heterocycles. The third-order valence-electron chi connectivity index (χ3n) is 3.99. The van der Waals surface area contributed by atoms with E-state index in [0.717, 1.165) is 17.6 Å². The molecule has 140 valence electrons. The summed E-state index contributed by atoms with van der Waals surface area (Å²) < 4.78 is 6.69. The zero-order chi connectivity index (χ0) is 19.4. The van der Waals surface area contributed by atoms with Crippen molar-refractivity contribution in [3.05, 3.63) is 47.3 Å². The Morgan fingerprint density at radius 2 is 1.93 bits per heavy atom. The van der Waals surface area contributed by atoms with Gasteiger partial charge in [-0.15, -0.1) is 0 Å². The van der Waals surface area contributed by atoms with Gasteiger partial charge in [0.15, 0.2) is 6.29 Å². The van der Waals surface area contributed by atoms with Gasteiger partial charge in [-0.3, -0.25) is 4.79 Å². The van der Waals surface area contributed by atoms with Crippen molar-refractivity contribution in [2.24, 2.45) is 0 Å². The second kappa shape index (κ2) is 7.81. The summed E-state index contributed by atoms with van der Waals surface area (Å²) in [6, 6.07) is 7.73. The van der Waals surface area contributed by atoms with Crippen molar-refractivity contribution in [3.63, 3.8) is 0 Å². The fourth-order valence-electron chi connectivity index (χ4n) is 2.39. The molecule has 0 aliphatic carbocycles. The monoisotopic (exact) mass is 367 g/mol. The Morgan fingerprint density at radius 1 is 1.19 bits per heavy atom. The zero-order valence-electron chi connectivity index (χ0n) is 15.7. The van der Waals surface area contributed by atoms with Crippen LogP contribution in [0.1, 0.15) is 21.6 Å². The second-order valence-electron chi connectivity index (χ2n) is 6.07. The maximum Gasteiger partial charge on any atom is 0.257 e. The molecule has 1 aromatic carbocycles. The minimum Gasteiger partial charge on any atom is -0.497 e. The van der Waals surface area contributed by atoms with Crippen LogP contribution in [0.2, 0.25) is 0 Å². The number of anilines is 2. The Bertz CT molecular complexity index is 935. The Kier molecular flexibility index (Phi) is 5.30. The van der Waals surface area contributed by atoms with Crippen LogP contribution in [0.4, 0.5) is 11.9 Å². The number of carbonyl (C=O) groups excluding carboxylic acids is 1. The molecule has 0 radical (unpaired) electrons. The van der Waals surface area contributed by atoms with Gasteiger partial charge in [-0.1, -0.05) is 12.1 Å². The van der Waals surface area contributed by atoms with E-state index in [-0.39, 0.29) is 0 Å². The first-order chi connectivity index (χ1) is 13.0. The lowest BCUT2D eigenvalue weighted by atomic mass is 10.2. The lowest BCUT2D eigenvalue weighted by Crippen LogP contribution is -2.18. The number of hydrogen-bond donors (Lipinski definition) is 1. The number of hydrogen-bond acceptors (Lipinski definition) is 8. The van der Waals surface area contributed by atoms with E-state index in [9.17, 15) is 4.79 Å². The number of aromatic nitrogens is 5. The highest BCUT2D eigenvalue weighted by Gasteiger charge is 2.14. The topological polar surface area (TPSA) is 98.1 Å². The quantitative estimate of drug-likeness (QED) is 0.632. The molecule has 2 heterocycles. The highest BCUT2D eigenvalue weighted by Crippen LogP contribution is 2.16. The molecule has 3 aromatic rings. The van der Waals surface area contributed by atoms with Crippen LogP contribution in [0, 0.1) is 6.92 Å². The van der Waals surface area contributed by atoms with Gasteiger partial charge in [0, 0.05) is 20.6 Å². The van der Waals surface area contributed by atoms with Crippen molar-refractivity contribution in [3.8, 4) is 11.7 Å². The van der Waals surface area contributed by atoms with Gasteiger partial charge in [0.2, 0.25) is 11.9 Å². The number of benzene rings is 1. The van der Waals surface area contributed by atoms with E-state index in [1.54, 1.807) is 18.9 Å². The van der Waals surface area contributed by atoms with Crippen molar-refractivity contribution in [1.82, 2.24) is 24.7 Å². The van der Waals surface area contributed by atoms with Crippen LogP contribution in [0.3, 0.4) is 0 Å². The SMILES string of the molecule is COc1ccc(CNc2nc(N(C)C)nc(-n3ncc(C=O)c3C)n2)cc1. The molecule has 3 rings (SSSR count). The summed E-state index contributed by atoms with van der Waals surface area (Å²) in [5, 5.41) is 7.41. The van der Waals surface area contributed by atoms with Crippen LogP contribution in [0.15, 0.2) is 30.5 Å². The fourth-order valence-corrected chi connectivity index (χ4v) is 2.39. The van der Waals surface area contributed by atoms with E-state index < -0.39 is 0 Å². The van der Waals surface area contributed by atoms with Crippen LogP contribution in [0.5, 0.6) is 5.75 Å². The van der Waals surface area contributed by atoms with Crippen LogP contribution < -0.4 is 15.0 Å². The van der Waals surface area contributed by atoms with Crippen LogP contribution in [0.25, 0.3) is 5.95 Å². The molecule has 1 N–H and O–H groups in total. The number of nitrogens with one attached hydrogen (secondary N) is 1. The molecule has 0 fully saturated rings. The third kappa shape index (κ3) is 4.02. The molecular formula is C18H21N7O2. The lowest BCUT2D eigenvalue weighted by Gasteiger charge is -2.14. The fraction of sp³-hybridized carbons (Fsp3) is 0.278. The molecule has 27 heavy (non-hydrogen) atoms. The summed E-state index contributed by atoms with van der Waals surface area (Å²) in [5.74, 6) is 2.05. The van der Waals surface area contributed by atoms with E-state index >= 15 is 0 Å². The Balaban J connectivity index is 1.88. The van der Waals surface area contributed by atoms with Crippen LogP contribution in [-0.2, 0) is 6.54 Å². The Morgan fingerprint density at radius 3 is 2.52 bits per heavy atom. The molecule has 0 spiro atoms. The van der Waals surface area contributed by atoms with E-state index in [1.165, 1.54) is 10.9 Å². The summed E-state index contributed by atoms with van der Waals surface area (Å²) in [7, 11) is 5.33. The predicted molar refractivity (Wildman–Crippen MR) is 102 cm³/mol. The first kappa shape index (κ1) is 18.3. The molecule has 0 saturated heterocycles. The molecule has 0 aliphatic rings. The first-order valence-corrected chi connectivity index (χ1v) is 8.32. The number of carbonyl (C=O) groups is 1. The largest absolute Gasteiger partial charge is 0.497 e. The van der Waals surface area contributed by atoms with Crippen molar-refractivity contribution in [2.45, 2.75) is 13.5 Å². The van der Waals surface area contributed by atoms with Gasteiger partial charge in [0.1, 0.15) is 5.75 Å². The van der Waals surface area contributed by atoms with Crippen LogP contribution >= 0.6 is 0 Å². The summed E-state index contributed by atoms with van der Waals surface area (Å²) in [6.45, 7) is 2.33. The Hall–Kier alpha value is -3.49. The van der Waals surface area contributed by atoms with Gasteiger partial charge in [-0.05, 0) is 24.6 Å². The lowest BCUT2D eigenvalue weighted by molar-refractivity contribution is 0.112. The molecule has 0 amide bonds. The van der Waals surface area contributed by atoms with Gasteiger partial charge in [0.05, 0.1) is 24.6 Å². The molecule has 9 nitrogen and oxygen atoms in total. The number of methoxy groups -OCH3 is 1. The summed E-state index contributed by atoms with van der Waals surface area (Å²) in [6.07, 6.45) is 2.25.